The molecule has 32 heavy (non-hydrogen) atoms. The van der Waals surface area contributed by atoms with E-state index in [0.29, 0.717) is 16.9 Å². The van der Waals surface area contributed by atoms with Gasteiger partial charge in [-0.1, -0.05) is 24.3 Å². The van der Waals surface area contributed by atoms with Crippen molar-refractivity contribution in [1.29, 1.82) is 0 Å². The van der Waals surface area contributed by atoms with Crippen molar-refractivity contribution in [1.82, 2.24) is 5.32 Å². The van der Waals surface area contributed by atoms with Crippen LogP contribution in [-0.4, -0.2) is 32.1 Å². The second kappa shape index (κ2) is 10.5. The van der Waals surface area contributed by atoms with E-state index < -0.39 is 13.5 Å². The minimum absolute atomic E-state index is 0.201. The van der Waals surface area contributed by atoms with Crippen molar-refractivity contribution in [3.63, 3.8) is 0 Å². The van der Waals surface area contributed by atoms with Gasteiger partial charge in [0.05, 0.1) is 11.4 Å². The topological polar surface area (TPSA) is 120 Å². The van der Waals surface area contributed by atoms with Crippen LogP contribution in [0.5, 0.6) is 0 Å². The maximum absolute atomic E-state index is 12.7. The molecular weight excluding hydrogens is 449 g/mol. The summed E-state index contributed by atoms with van der Waals surface area (Å²) in [5, 5.41) is 7.39. The van der Waals surface area contributed by atoms with Crippen molar-refractivity contribution in [3.05, 3.63) is 71.1 Å². The summed E-state index contributed by atoms with van der Waals surface area (Å²) in [4.78, 5) is 25.4. The third kappa shape index (κ3) is 6.95. The fourth-order valence-corrected chi connectivity index (χ4v) is 3.69. The molecule has 0 spiro atoms. The van der Waals surface area contributed by atoms with Gasteiger partial charge in [-0.25, -0.2) is 4.79 Å². The van der Waals surface area contributed by atoms with Gasteiger partial charge in [0.25, 0.3) is 5.91 Å². The molecule has 0 aliphatic heterocycles. The molecular formula is C22H24N3O5PS. The predicted molar refractivity (Wildman–Crippen MR) is 127 cm³/mol. The molecule has 0 radical (unpaired) electrons. The summed E-state index contributed by atoms with van der Waals surface area (Å²) in [5.41, 5.74) is 9.25. The number of carbonyl (C=O) groups is 2. The maximum atomic E-state index is 12.7. The maximum Gasteiger partial charge on any atom is 0.409 e. The van der Waals surface area contributed by atoms with Crippen LogP contribution in [-0.2, 0) is 20.4 Å². The summed E-state index contributed by atoms with van der Waals surface area (Å²) in [6, 6.07) is 16.3. The molecule has 4 N–H and O–H groups in total. The summed E-state index contributed by atoms with van der Waals surface area (Å²) in [7, 11) is -2.71. The van der Waals surface area contributed by atoms with Gasteiger partial charge in [-0.3, -0.25) is 13.9 Å². The summed E-state index contributed by atoms with van der Waals surface area (Å²) in [5.74, 6) is -0.292. The fraction of sp³-hybridized carbons (Fsp3) is 0.182. The van der Waals surface area contributed by atoms with Gasteiger partial charge in [0.1, 0.15) is 0 Å². The predicted octanol–water partition coefficient (Wildman–Crippen LogP) is 4.99. The van der Waals surface area contributed by atoms with Crippen LogP contribution in [0.15, 0.2) is 60.0 Å². The molecule has 10 heteroatoms. The Morgan fingerprint density at radius 2 is 1.84 bits per heavy atom. The highest BCUT2D eigenvalue weighted by Crippen LogP contribution is 2.36. The molecule has 3 rings (SSSR count). The van der Waals surface area contributed by atoms with Gasteiger partial charge in [0, 0.05) is 30.3 Å². The number of carbonyl (C=O) groups excluding carboxylic acids is 2. The summed E-state index contributed by atoms with van der Waals surface area (Å²) in [6.45, 7) is 2.68. The minimum atomic E-state index is -2.71. The molecule has 0 bridgehead atoms. The number of benzene rings is 2. The normalized spacial score (nSPS) is 11.1. The first-order valence-electron chi connectivity index (χ1n) is 9.65. The van der Waals surface area contributed by atoms with Gasteiger partial charge in [-0.15, -0.1) is 11.3 Å². The van der Waals surface area contributed by atoms with Crippen LogP contribution < -0.4 is 16.4 Å². The number of nitrogens with two attached hydrogens (primary N) is 1. The van der Waals surface area contributed by atoms with Crippen LogP contribution in [0, 0.1) is 0 Å². The Morgan fingerprint density at radius 3 is 2.50 bits per heavy atom. The second-order valence-electron chi connectivity index (χ2n) is 7.21. The van der Waals surface area contributed by atoms with E-state index in [1.165, 1.54) is 13.3 Å². The standard InChI is InChI=1S/C22H24N3O5PS/c1-31(2,28)30-14-29-22(27)24-13-15-5-7-16(8-6-15)21(26)25-19-12-17(9-10-18(19)23)20-4-3-11-32-20/h3-12H,13-14,23H2,1-2H3,(H,24,27)(H,25,26). The van der Waals surface area contributed by atoms with Crippen LogP contribution in [0.3, 0.4) is 0 Å². The minimum Gasteiger partial charge on any atom is -0.422 e. The van der Waals surface area contributed by atoms with Crippen molar-refractivity contribution in [3.8, 4) is 10.4 Å². The highest BCUT2D eigenvalue weighted by molar-refractivity contribution is 7.57. The van der Waals surface area contributed by atoms with Crippen molar-refractivity contribution >= 4 is 42.1 Å². The summed E-state index contributed by atoms with van der Waals surface area (Å²) >= 11 is 1.61. The third-order valence-corrected chi connectivity index (χ3v) is 5.96. The molecule has 0 unspecified atom stereocenters. The molecule has 0 saturated carbocycles. The van der Waals surface area contributed by atoms with Crippen LogP contribution in [0.4, 0.5) is 16.2 Å². The quantitative estimate of drug-likeness (QED) is 0.241. The molecule has 168 valence electrons. The fourth-order valence-electron chi connectivity index (χ4n) is 2.66. The van der Waals surface area contributed by atoms with Crippen LogP contribution in [0.1, 0.15) is 15.9 Å². The van der Waals surface area contributed by atoms with Crippen LogP contribution in [0.25, 0.3) is 10.4 Å². The van der Waals surface area contributed by atoms with Crippen molar-refractivity contribution in [2.24, 2.45) is 0 Å². The number of nitrogen functional groups attached to an aromatic ring is 1. The SMILES string of the molecule is CP(C)(=O)OCOC(=O)NCc1ccc(C(=O)Nc2cc(-c3cccs3)ccc2N)cc1. The molecule has 0 atom stereocenters. The smallest absolute Gasteiger partial charge is 0.409 e. The van der Waals surface area contributed by atoms with E-state index in [0.717, 1.165) is 16.0 Å². The molecule has 2 amide bonds. The average Bonchev–Trinajstić information content (AvgIpc) is 3.28. The molecule has 0 aliphatic carbocycles. The number of hydrogen-bond acceptors (Lipinski definition) is 7. The first-order chi connectivity index (χ1) is 15.2. The number of rotatable bonds is 8. The average molecular weight is 473 g/mol. The molecule has 1 heterocycles. The van der Waals surface area contributed by atoms with E-state index in [1.807, 2.05) is 29.6 Å². The Labute approximate surface area is 190 Å². The monoisotopic (exact) mass is 473 g/mol. The lowest BCUT2D eigenvalue weighted by Gasteiger charge is -2.11. The lowest BCUT2D eigenvalue weighted by Crippen LogP contribution is -2.24. The molecule has 1 aromatic heterocycles. The van der Waals surface area contributed by atoms with Gasteiger partial charge < -0.3 is 21.1 Å². The number of nitrogens with one attached hydrogen (secondary N) is 2. The van der Waals surface area contributed by atoms with Crippen molar-refractivity contribution in [2.75, 3.05) is 31.2 Å². The Hall–Kier alpha value is -3.13. The number of amides is 2. The van der Waals surface area contributed by atoms with Crippen molar-refractivity contribution < 1.29 is 23.4 Å². The number of ether oxygens (including phenoxy) is 1. The zero-order chi connectivity index (χ0) is 23.1. The van der Waals surface area contributed by atoms with E-state index in [1.54, 1.807) is 41.7 Å². The highest BCUT2D eigenvalue weighted by atomic mass is 32.1. The van der Waals surface area contributed by atoms with E-state index in [2.05, 4.69) is 10.6 Å². The van der Waals surface area contributed by atoms with Gasteiger partial charge in [-0.05, 0) is 46.8 Å². The second-order valence-corrected chi connectivity index (χ2v) is 10.9. The lowest BCUT2D eigenvalue weighted by atomic mass is 10.1. The molecule has 0 saturated heterocycles. The molecule has 0 fully saturated rings. The number of alkyl carbamates (subject to hydrolysis) is 1. The van der Waals surface area contributed by atoms with Gasteiger partial charge >= 0.3 is 6.09 Å². The Kier molecular flexibility index (Phi) is 7.69. The Bertz CT molecular complexity index is 1130. The van der Waals surface area contributed by atoms with Crippen LogP contribution >= 0.6 is 18.7 Å². The Balaban J connectivity index is 1.55. The van der Waals surface area contributed by atoms with E-state index in [4.69, 9.17) is 15.0 Å². The largest absolute Gasteiger partial charge is 0.422 e. The number of thiophene rings is 1. The summed E-state index contributed by atoms with van der Waals surface area (Å²) in [6.07, 6.45) is -0.693. The number of anilines is 2. The highest BCUT2D eigenvalue weighted by Gasteiger charge is 2.11. The zero-order valence-corrected chi connectivity index (χ0v) is 19.4. The number of hydrogen-bond donors (Lipinski definition) is 3. The molecule has 2 aromatic carbocycles. The van der Waals surface area contributed by atoms with Crippen molar-refractivity contribution in [2.45, 2.75) is 6.54 Å². The lowest BCUT2D eigenvalue weighted by molar-refractivity contribution is 0.0624. The van der Waals surface area contributed by atoms with Crippen LogP contribution in [0.2, 0.25) is 0 Å². The Morgan fingerprint density at radius 1 is 1.09 bits per heavy atom. The van der Waals surface area contributed by atoms with E-state index in [-0.39, 0.29) is 19.2 Å². The first-order valence-corrected chi connectivity index (χ1v) is 13.0. The van der Waals surface area contributed by atoms with Gasteiger partial charge in [-0.2, -0.15) is 0 Å². The summed E-state index contributed by atoms with van der Waals surface area (Å²) < 4.78 is 21.1. The zero-order valence-electron chi connectivity index (χ0n) is 17.7. The molecule has 0 aliphatic rings. The van der Waals surface area contributed by atoms with Gasteiger partial charge in [0.2, 0.25) is 6.79 Å². The molecule has 3 aromatic rings. The third-order valence-electron chi connectivity index (χ3n) is 4.31. The van der Waals surface area contributed by atoms with Gasteiger partial charge in [0.15, 0.2) is 7.37 Å². The first kappa shape index (κ1) is 23.5. The molecule has 8 nitrogen and oxygen atoms in total. The van der Waals surface area contributed by atoms with E-state index >= 15 is 0 Å². The van der Waals surface area contributed by atoms with E-state index in [9.17, 15) is 14.2 Å².